The average Bonchev–Trinajstić information content (AvgIpc) is 2.30. The normalized spacial score (nSPS) is 36.4. The van der Waals surface area contributed by atoms with E-state index in [1.54, 1.807) is 0 Å². The Hall–Kier alpha value is -0.260. The zero-order valence-corrected chi connectivity index (χ0v) is 11.3. The minimum Gasteiger partial charge on any atom is -0.0848 e. The van der Waals surface area contributed by atoms with Gasteiger partial charge in [-0.25, -0.2) is 0 Å². The van der Waals surface area contributed by atoms with Gasteiger partial charge < -0.3 is 0 Å². The van der Waals surface area contributed by atoms with Crippen molar-refractivity contribution in [1.82, 2.24) is 0 Å². The third-order valence-electron chi connectivity index (χ3n) is 5.01. The molecular weight excluding hydrogens is 192 g/mol. The lowest BCUT2D eigenvalue weighted by atomic mass is 9.63. The van der Waals surface area contributed by atoms with Crippen molar-refractivity contribution in [3.8, 4) is 0 Å². The van der Waals surface area contributed by atoms with Gasteiger partial charge in [-0.05, 0) is 55.8 Å². The first-order valence-electron chi connectivity index (χ1n) is 7.44. The van der Waals surface area contributed by atoms with Crippen LogP contribution in [0.25, 0.3) is 0 Å². The Morgan fingerprint density at radius 3 is 2.88 bits per heavy atom. The molecule has 4 atom stereocenters. The minimum absolute atomic E-state index is 0.921. The van der Waals surface area contributed by atoms with Crippen LogP contribution in [-0.2, 0) is 0 Å². The van der Waals surface area contributed by atoms with E-state index < -0.39 is 0 Å². The fraction of sp³-hybridized carbons (Fsp3) is 0.875. The van der Waals surface area contributed by atoms with E-state index in [1.807, 2.05) is 5.57 Å². The largest absolute Gasteiger partial charge is 0.0848 e. The van der Waals surface area contributed by atoms with E-state index in [0.717, 1.165) is 23.7 Å². The molecule has 92 valence electrons. The number of hydrogen-bond donors (Lipinski definition) is 0. The third kappa shape index (κ3) is 2.36. The van der Waals surface area contributed by atoms with Crippen LogP contribution in [0.1, 0.15) is 65.7 Å². The fourth-order valence-corrected chi connectivity index (χ4v) is 4.04. The predicted molar refractivity (Wildman–Crippen MR) is 71.4 cm³/mol. The second-order valence-electron chi connectivity index (χ2n) is 6.17. The summed E-state index contributed by atoms with van der Waals surface area (Å²) < 4.78 is 0. The molecule has 0 N–H and O–H groups in total. The van der Waals surface area contributed by atoms with Gasteiger partial charge in [-0.2, -0.15) is 0 Å². The van der Waals surface area contributed by atoms with Crippen molar-refractivity contribution in [3.63, 3.8) is 0 Å². The van der Waals surface area contributed by atoms with Gasteiger partial charge in [0.05, 0.1) is 0 Å². The van der Waals surface area contributed by atoms with E-state index in [0.29, 0.717) is 0 Å². The number of fused-ring (bicyclic) bond motifs is 1. The first kappa shape index (κ1) is 12.2. The number of allylic oxidation sites excluding steroid dienone is 2. The summed E-state index contributed by atoms with van der Waals surface area (Å²) in [6.45, 7) is 7.29. The standard InChI is InChI=1S/C16H28/c1-4-7-12(2)15-11-10-13(3)14-8-5-6-9-16(14)15/h9,12-15H,4-8,10-11H2,1-3H3. The molecule has 0 bridgehead atoms. The third-order valence-corrected chi connectivity index (χ3v) is 5.01. The van der Waals surface area contributed by atoms with Crippen molar-refractivity contribution in [2.45, 2.75) is 65.7 Å². The van der Waals surface area contributed by atoms with Crippen molar-refractivity contribution < 1.29 is 0 Å². The van der Waals surface area contributed by atoms with Gasteiger partial charge in [-0.3, -0.25) is 0 Å². The zero-order chi connectivity index (χ0) is 11.5. The Morgan fingerprint density at radius 1 is 1.31 bits per heavy atom. The molecule has 0 saturated heterocycles. The maximum Gasteiger partial charge on any atom is -0.0175 e. The SMILES string of the molecule is CCCC(C)C1CCC(C)C2CCCC=C21. The molecule has 2 aliphatic rings. The summed E-state index contributed by atoms with van der Waals surface area (Å²) in [4.78, 5) is 0. The average molecular weight is 220 g/mol. The van der Waals surface area contributed by atoms with Crippen LogP contribution in [0.3, 0.4) is 0 Å². The highest BCUT2D eigenvalue weighted by Crippen LogP contribution is 2.46. The van der Waals surface area contributed by atoms with E-state index >= 15 is 0 Å². The minimum atomic E-state index is 0.921. The fourth-order valence-electron chi connectivity index (χ4n) is 4.04. The Balaban J connectivity index is 2.11. The summed E-state index contributed by atoms with van der Waals surface area (Å²) in [7, 11) is 0. The second kappa shape index (κ2) is 5.38. The molecule has 2 aliphatic carbocycles. The Morgan fingerprint density at radius 2 is 2.12 bits per heavy atom. The first-order chi connectivity index (χ1) is 7.74. The molecule has 0 aromatic rings. The van der Waals surface area contributed by atoms with Crippen LogP contribution >= 0.6 is 0 Å². The molecule has 0 radical (unpaired) electrons. The summed E-state index contributed by atoms with van der Waals surface area (Å²) in [5.41, 5.74) is 1.87. The molecule has 1 saturated carbocycles. The Labute approximate surface area is 102 Å². The lowest BCUT2D eigenvalue weighted by Gasteiger charge is -2.42. The van der Waals surface area contributed by atoms with E-state index in [1.165, 1.54) is 44.9 Å². The molecule has 0 nitrogen and oxygen atoms in total. The molecule has 1 fully saturated rings. The van der Waals surface area contributed by atoms with Crippen molar-refractivity contribution in [1.29, 1.82) is 0 Å². The number of rotatable bonds is 3. The summed E-state index contributed by atoms with van der Waals surface area (Å²) in [5.74, 6) is 3.76. The lowest BCUT2D eigenvalue weighted by Crippen LogP contribution is -2.31. The van der Waals surface area contributed by atoms with E-state index in [9.17, 15) is 0 Å². The molecule has 4 unspecified atom stereocenters. The second-order valence-corrected chi connectivity index (χ2v) is 6.17. The van der Waals surface area contributed by atoms with Crippen molar-refractivity contribution >= 4 is 0 Å². The molecular formula is C16H28. The summed E-state index contributed by atoms with van der Waals surface area (Å²) in [6.07, 6.45) is 12.6. The van der Waals surface area contributed by atoms with Crippen molar-refractivity contribution in [3.05, 3.63) is 11.6 Å². The summed E-state index contributed by atoms with van der Waals surface area (Å²) in [6, 6.07) is 0. The quantitative estimate of drug-likeness (QED) is 0.574. The lowest BCUT2D eigenvalue weighted by molar-refractivity contribution is 0.205. The molecule has 0 aliphatic heterocycles. The van der Waals surface area contributed by atoms with E-state index in [-0.39, 0.29) is 0 Å². The van der Waals surface area contributed by atoms with Crippen molar-refractivity contribution in [2.24, 2.45) is 23.7 Å². The maximum absolute atomic E-state index is 2.61. The van der Waals surface area contributed by atoms with Crippen LogP contribution in [0, 0.1) is 23.7 Å². The highest BCUT2D eigenvalue weighted by molar-refractivity contribution is 5.18. The molecule has 0 aromatic carbocycles. The van der Waals surface area contributed by atoms with Gasteiger partial charge in [0.25, 0.3) is 0 Å². The molecule has 16 heavy (non-hydrogen) atoms. The molecule has 0 aromatic heterocycles. The van der Waals surface area contributed by atoms with Crippen molar-refractivity contribution in [2.75, 3.05) is 0 Å². The summed E-state index contributed by atoms with van der Waals surface area (Å²) in [5, 5.41) is 0. The Kier molecular flexibility index (Phi) is 4.10. The monoisotopic (exact) mass is 220 g/mol. The molecule has 0 heterocycles. The van der Waals surface area contributed by atoms with Gasteiger partial charge in [0.1, 0.15) is 0 Å². The molecule has 0 heteroatoms. The van der Waals surface area contributed by atoms with E-state index in [4.69, 9.17) is 0 Å². The molecule has 0 spiro atoms. The van der Waals surface area contributed by atoms with Gasteiger partial charge in [0.2, 0.25) is 0 Å². The molecule has 2 rings (SSSR count). The van der Waals surface area contributed by atoms with Crippen LogP contribution in [0.5, 0.6) is 0 Å². The number of hydrogen-bond acceptors (Lipinski definition) is 0. The van der Waals surface area contributed by atoms with Crippen LogP contribution in [0.15, 0.2) is 11.6 Å². The zero-order valence-electron chi connectivity index (χ0n) is 11.3. The van der Waals surface area contributed by atoms with Gasteiger partial charge in [0, 0.05) is 0 Å². The van der Waals surface area contributed by atoms with Gasteiger partial charge >= 0.3 is 0 Å². The molecule has 0 amide bonds. The van der Waals surface area contributed by atoms with E-state index in [2.05, 4.69) is 26.8 Å². The van der Waals surface area contributed by atoms with Gasteiger partial charge in [-0.15, -0.1) is 0 Å². The maximum atomic E-state index is 2.61. The predicted octanol–water partition coefficient (Wildman–Crippen LogP) is 5.20. The topological polar surface area (TPSA) is 0 Å². The highest BCUT2D eigenvalue weighted by atomic mass is 14.4. The van der Waals surface area contributed by atoms with Crippen LogP contribution in [-0.4, -0.2) is 0 Å². The first-order valence-corrected chi connectivity index (χ1v) is 7.44. The van der Waals surface area contributed by atoms with Crippen LogP contribution < -0.4 is 0 Å². The van der Waals surface area contributed by atoms with Crippen LogP contribution in [0.2, 0.25) is 0 Å². The van der Waals surface area contributed by atoms with Gasteiger partial charge in [-0.1, -0.05) is 45.3 Å². The summed E-state index contributed by atoms with van der Waals surface area (Å²) >= 11 is 0. The highest BCUT2D eigenvalue weighted by Gasteiger charge is 2.35. The van der Waals surface area contributed by atoms with Crippen LogP contribution in [0.4, 0.5) is 0 Å². The smallest absolute Gasteiger partial charge is 0.0175 e. The Bertz CT molecular complexity index is 251. The van der Waals surface area contributed by atoms with Gasteiger partial charge in [0.15, 0.2) is 0 Å².